The lowest BCUT2D eigenvalue weighted by atomic mass is 10.0. The third-order valence-electron chi connectivity index (χ3n) is 6.71. The molecule has 2 N–H and O–H groups in total. The normalized spacial score (nSPS) is 22.0. The molecule has 2 aliphatic heterocycles. The van der Waals surface area contributed by atoms with Gasteiger partial charge in [0, 0.05) is 56.8 Å². The van der Waals surface area contributed by atoms with Gasteiger partial charge in [-0.1, -0.05) is 12.1 Å². The number of carbonyl (C=O) groups excluding carboxylic acids is 1. The molecule has 0 saturated carbocycles. The fourth-order valence-corrected chi connectivity index (χ4v) is 4.62. The van der Waals surface area contributed by atoms with Crippen LogP contribution in [0.2, 0.25) is 0 Å². The molecule has 0 aliphatic carbocycles. The molecule has 2 fully saturated rings. The van der Waals surface area contributed by atoms with Crippen LogP contribution in [0.4, 0.5) is 5.69 Å². The van der Waals surface area contributed by atoms with Gasteiger partial charge in [-0.15, -0.1) is 0 Å². The number of hydrogen-bond acceptors (Lipinski definition) is 7. The first-order valence-corrected chi connectivity index (χ1v) is 11.5. The van der Waals surface area contributed by atoms with Crippen LogP contribution < -0.4 is 15.0 Å². The second kappa shape index (κ2) is 8.99. The van der Waals surface area contributed by atoms with Crippen LogP contribution in [0.1, 0.15) is 20.3 Å². The van der Waals surface area contributed by atoms with Crippen molar-refractivity contribution in [3.05, 3.63) is 42.7 Å². The topological polar surface area (TPSA) is 95.2 Å². The van der Waals surface area contributed by atoms with Crippen LogP contribution in [0.15, 0.2) is 42.7 Å². The Morgan fingerprint density at radius 2 is 1.94 bits per heavy atom. The van der Waals surface area contributed by atoms with Crippen molar-refractivity contribution in [1.82, 2.24) is 24.8 Å². The maximum Gasteiger partial charge on any atom is 0.240 e. The van der Waals surface area contributed by atoms with E-state index in [0.717, 1.165) is 55.2 Å². The van der Waals surface area contributed by atoms with Gasteiger partial charge in [-0.25, -0.2) is 9.50 Å². The van der Waals surface area contributed by atoms with Crippen molar-refractivity contribution >= 4 is 17.1 Å². The van der Waals surface area contributed by atoms with Crippen molar-refractivity contribution in [3.63, 3.8) is 0 Å². The highest BCUT2D eigenvalue weighted by Crippen LogP contribution is 2.28. The zero-order valence-electron chi connectivity index (χ0n) is 19.0. The Balaban J connectivity index is 1.35. The van der Waals surface area contributed by atoms with Gasteiger partial charge in [0.2, 0.25) is 11.8 Å². The number of carbonyl (C=O) groups is 1. The van der Waals surface area contributed by atoms with E-state index in [4.69, 9.17) is 9.72 Å². The van der Waals surface area contributed by atoms with Crippen molar-refractivity contribution < 1.29 is 14.6 Å². The number of aliphatic hydroxyl groups is 1. The van der Waals surface area contributed by atoms with Crippen molar-refractivity contribution in [3.8, 4) is 17.1 Å². The first-order valence-electron chi connectivity index (χ1n) is 11.5. The molecule has 5 rings (SSSR count). The third-order valence-corrected chi connectivity index (χ3v) is 6.71. The molecule has 9 heteroatoms. The summed E-state index contributed by atoms with van der Waals surface area (Å²) in [7, 11) is 0. The summed E-state index contributed by atoms with van der Waals surface area (Å²) >= 11 is 0. The third kappa shape index (κ3) is 4.51. The van der Waals surface area contributed by atoms with E-state index in [1.807, 2.05) is 24.1 Å². The summed E-state index contributed by atoms with van der Waals surface area (Å²) < 4.78 is 8.06. The van der Waals surface area contributed by atoms with Gasteiger partial charge >= 0.3 is 0 Å². The van der Waals surface area contributed by atoms with Crippen LogP contribution in [-0.2, 0) is 4.79 Å². The fraction of sp³-hybridized carbons (Fsp3) is 0.458. The Morgan fingerprint density at radius 3 is 2.61 bits per heavy atom. The van der Waals surface area contributed by atoms with Gasteiger partial charge in [0.1, 0.15) is 17.8 Å². The average molecular weight is 451 g/mol. The van der Waals surface area contributed by atoms with Gasteiger partial charge < -0.3 is 19.6 Å². The number of fused-ring (bicyclic) bond motifs is 1. The smallest absolute Gasteiger partial charge is 0.240 e. The molecular formula is C24H30N6O3. The number of benzene rings is 1. The average Bonchev–Trinajstić information content (AvgIpc) is 3.48. The largest absolute Gasteiger partial charge is 0.473 e. The van der Waals surface area contributed by atoms with Crippen LogP contribution in [0, 0.1) is 5.92 Å². The molecule has 33 heavy (non-hydrogen) atoms. The molecule has 1 aromatic carbocycles. The van der Waals surface area contributed by atoms with E-state index in [-0.39, 0.29) is 17.9 Å². The predicted octanol–water partition coefficient (Wildman–Crippen LogP) is 1.76. The van der Waals surface area contributed by atoms with Crippen molar-refractivity contribution in [2.45, 2.75) is 32.6 Å². The maximum atomic E-state index is 11.6. The number of hydrogen-bond donors (Lipinski definition) is 2. The van der Waals surface area contributed by atoms with Crippen LogP contribution in [0.25, 0.3) is 16.8 Å². The lowest BCUT2D eigenvalue weighted by Crippen LogP contribution is -2.48. The minimum atomic E-state index is -0.473. The van der Waals surface area contributed by atoms with E-state index in [1.165, 1.54) is 0 Å². The molecule has 9 nitrogen and oxygen atoms in total. The quantitative estimate of drug-likeness (QED) is 0.612. The van der Waals surface area contributed by atoms with Gasteiger partial charge in [0.15, 0.2) is 0 Å². The Bertz CT molecular complexity index is 1120. The Hall–Kier alpha value is -3.17. The highest BCUT2D eigenvalue weighted by atomic mass is 16.5. The zero-order chi connectivity index (χ0) is 22.9. The van der Waals surface area contributed by atoms with E-state index in [1.54, 1.807) is 17.6 Å². The summed E-state index contributed by atoms with van der Waals surface area (Å²) in [6.45, 7) is 7.53. The monoisotopic (exact) mass is 450 g/mol. The lowest BCUT2D eigenvalue weighted by molar-refractivity contribution is -0.129. The molecule has 174 valence electrons. The zero-order valence-corrected chi connectivity index (χ0v) is 19.0. The number of rotatable bonds is 5. The molecule has 0 bridgehead atoms. The lowest BCUT2D eigenvalue weighted by Gasteiger charge is -2.35. The molecule has 3 atom stereocenters. The first-order chi connectivity index (χ1) is 16.0. The highest BCUT2D eigenvalue weighted by molar-refractivity contribution is 5.73. The molecule has 1 amide bonds. The van der Waals surface area contributed by atoms with Gasteiger partial charge in [-0.05, 0) is 31.5 Å². The van der Waals surface area contributed by atoms with E-state index in [0.29, 0.717) is 12.3 Å². The molecule has 4 heterocycles. The maximum absolute atomic E-state index is 11.6. The molecule has 3 unspecified atom stereocenters. The van der Waals surface area contributed by atoms with Crippen molar-refractivity contribution in [2.75, 3.05) is 37.6 Å². The van der Waals surface area contributed by atoms with Crippen LogP contribution >= 0.6 is 0 Å². The SMILES string of the molecule is CC(=O)N1CCN(c2ccc(-c3cn4nccc4c(OC(C)C4CNC(O)C4)n3)cc2)CC1. The van der Waals surface area contributed by atoms with Gasteiger partial charge in [0.25, 0.3) is 0 Å². The molecular weight excluding hydrogens is 420 g/mol. The summed E-state index contributed by atoms with van der Waals surface area (Å²) in [4.78, 5) is 20.6. The van der Waals surface area contributed by atoms with Crippen LogP contribution in [-0.4, -0.2) is 75.6 Å². The summed E-state index contributed by atoms with van der Waals surface area (Å²) in [5.41, 5.74) is 3.72. The van der Waals surface area contributed by atoms with E-state index in [9.17, 15) is 9.90 Å². The molecule has 0 spiro atoms. The number of piperazine rings is 1. The van der Waals surface area contributed by atoms with E-state index < -0.39 is 6.23 Å². The van der Waals surface area contributed by atoms with Crippen LogP contribution in [0.3, 0.4) is 0 Å². The Kier molecular flexibility index (Phi) is 5.90. The first kappa shape index (κ1) is 21.7. The second-order valence-electron chi connectivity index (χ2n) is 8.88. The second-order valence-corrected chi connectivity index (χ2v) is 8.88. The number of nitrogens with one attached hydrogen (secondary N) is 1. The number of anilines is 1. The predicted molar refractivity (Wildman–Crippen MR) is 125 cm³/mol. The standard InChI is InChI=1S/C24H30N6O3/c1-16(19-13-23(32)25-14-19)33-24-22-7-8-26-30(22)15-21(27-24)18-3-5-20(6-4-18)29-11-9-28(10-12-29)17(2)31/h3-8,15-16,19,23,25,32H,9-14H2,1-2H3. The Labute approximate surface area is 193 Å². The molecule has 0 radical (unpaired) electrons. The van der Waals surface area contributed by atoms with Crippen molar-refractivity contribution in [2.24, 2.45) is 5.92 Å². The summed E-state index contributed by atoms with van der Waals surface area (Å²) in [5.74, 6) is 0.900. The minimum absolute atomic E-state index is 0.0906. The number of ether oxygens (including phenoxy) is 1. The summed E-state index contributed by atoms with van der Waals surface area (Å²) in [6, 6.07) is 10.2. The fourth-order valence-electron chi connectivity index (χ4n) is 4.62. The number of nitrogens with zero attached hydrogens (tertiary/aromatic N) is 5. The van der Waals surface area contributed by atoms with Crippen LogP contribution in [0.5, 0.6) is 5.88 Å². The molecule has 2 aromatic heterocycles. The minimum Gasteiger partial charge on any atom is -0.473 e. The number of amides is 1. The van der Waals surface area contributed by atoms with Gasteiger partial charge in [-0.3, -0.25) is 10.1 Å². The molecule has 2 saturated heterocycles. The number of aliphatic hydroxyl groups excluding tert-OH is 1. The van der Waals surface area contributed by atoms with E-state index >= 15 is 0 Å². The summed E-state index contributed by atoms with van der Waals surface area (Å²) in [5, 5.41) is 17.2. The van der Waals surface area contributed by atoms with E-state index in [2.05, 4.69) is 39.6 Å². The molecule has 3 aromatic rings. The summed E-state index contributed by atoms with van der Waals surface area (Å²) in [6.07, 6.45) is 3.75. The van der Waals surface area contributed by atoms with Gasteiger partial charge in [0.05, 0.1) is 18.1 Å². The van der Waals surface area contributed by atoms with Crippen molar-refractivity contribution in [1.29, 1.82) is 0 Å². The molecule has 2 aliphatic rings. The van der Waals surface area contributed by atoms with Gasteiger partial charge in [-0.2, -0.15) is 5.10 Å². The highest BCUT2D eigenvalue weighted by Gasteiger charge is 2.29. The Morgan fingerprint density at radius 1 is 1.18 bits per heavy atom. The number of aromatic nitrogens is 3.